The summed E-state index contributed by atoms with van der Waals surface area (Å²) in [6, 6.07) is 8.08. The molecule has 2 bridgehead atoms. The third kappa shape index (κ3) is 9.92. The van der Waals surface area contributed by atoms with Gasteiger partial charge in [-0.15, -0.1) is 0 Å². The number of benzene rings is 1. The summed E-state index contributed by atoms with van der Waals surface area (Å²) in [6.45, 7) is 36.7. The Labute approximate surface area is 327 Å². The van der Waals surface area contributed by atoms with Crippen LogP contribution >= 0.6 is 0 Å². The molecule has 1 N–H and O–H groups in total. The van der Waals surface area contributed by atoms with Gasteiger partial charge in [-0.25, -0.2) is 0 Å². The quantitative estimate of drug-likeness (QED) is 0.110. The summed E-state index contributed by atoms with van der Waals surface area (Å²) >= 11 is 0. The molecule has 0 unspecified atom stereocenters. The first kappa shape index (κ1) is 44.2. The van der Waals surface area contributed by atoms with Crippen molar-refractivity contribution in [3.63, 3.8) is 0 Å². The molecule has 2 aliphatic rings. The Morgan fingerprint density at radius 3 is 1.92 bits per heavy atom. The minimum atomic E-state index is -2.24. The number of aliphatic hydroxyl groups excluding tert-OH is 1. The van der Waals surface area contributed by atoms with Crippen LogP contribution in [0.2, 0.25) is 54.4 Å². The van der Waals surface area contributed by atoms with Gasteiger partial charge in [0.2, 0.25) is 0 Å². The molecule has 5 atom stereocenters. The Bertz CT molecular complexity index is 1520. The fraction of sp³-hybridized carbons (Fsp3) is 0.727. The van der Waals surface area contributed by atoms with Gasteiger partial charge in [-0.05, 0) is 89.4 Å². The number of unbranched alkanes of at least 4 members (excludes halogenated alkanes) is 3. The fourth-order valence-corrected chi connectivity index (χ4v) is 12.0. The molecule has 6 nitrogen and oxygen atoms in total. The Kier molecular flexibility index (Phi) is 13.8. The van der Waals surface area contributed by atoms with Crippen LogP contribution in [0.5, 0.6) is 5.75 Å². The molecule has 300 valence electrons. The third-order valence-corrected chi connectivity index (χ3v) is 28.1. The summed E-state index contributed by atoms with van der Waals surface area (Å²) in [5.41, 5.74) is 4.90. The zero-order valence-corrected chi connectivity index (χ0v) is 39.5. The van der Waals surface area contributed by atoms with Crippen LogP contribution in [-0.2, 0) is 26.6 Å². The highest BCUT2D eigenvalue weighted by Gasteiger charge is 2.55. The van der Waals surface area contributed by atoms with Gasteiger partial charge in [0.25, 0.3) is 0 Å². The first-order valence-electron chi connectivity index (χ1n) is 20.4. The maximum Gasteiger partial charge on any atom is 0.192 e. The average molecular weight is 785 g/mol. The molecule has 0 radical (unpaired) electrons. The van der Waals surface area contributed by atoms with Crippen LogP contribution in [0.15, 0.2) is 46.6 Å². The van der Waals surface area contributed by atoms with Gasteiger partial charge in [-0.3, -0.25) is 0 Å². The molecule has 0 saturated carbocycles. The lowest BCUT2D eigenvalue weighted by molar-refractivity contribution is -0.0430. The summed E-state index contributed by atoms with van der Waals surface area (Å²) in [5, 5.41) is 14.0. The maximum atomic E-state index is 12.6. The van der Waals surface area contributed by atoms with Crippen molar-refractivity contribution < 1.29 is 27.8 Å². The average Bonchev–Trinajstić information content (AvgIpc) is 3.42. The SMILES string of the molecule is COc1ccc(COCCCCCCC2=C[C@H]3c4coc([Si](C)(C)C(C)(C)C)c4C[C@@H](O[Si](C)(C)C(C)(C)C)[C@H]([C@@H]3O[Si](C)(C)C(C)(C)C)[C@@H]2O)cc1. The van der Waals surface area contributed by atoms with Crippen molar-refractivity contribution in [1.29, 1.82) is 0 Å². The molecular formula is C44H76O6Si3. The van der Waals surface area contributed by atoms with Gasteiger partial charge >= 0.3 is 0 Å². The lowest BCUT2D eigenvalue weighted by Crippen LogP contribution is -2.56. The highest BCUT2D eigenvalue weighted by Crippen LogP contribution is 2.51. The standard InChI is InChI=1S/C44H76O6Si3/c1-42(2,3)51(11,12)41-35-28-37(49-52(13,14)43(4,5)6)38-39(45)32(21-19-17-18-20-26-47-29-31-22-24-33(46-10)25-23-31)27-34(36(35)30-48-41)40(38)50-53(15,16)44(7,8)9/h22-25,27,30,34,37-40,45H,17-21,26,28-29H2,1-16H3/t34-,37+,38-,39+,40+/m0/s1. The van der Waals surface area contributed by atoms with Crippen LogP contribution in [0.3, 0.4) is 0 Å². The Hall–Kier alpha value is -1.47. The van der Waals surface area contributed by atoms with Crippen molar-refractivity contribution in [3.05, 3.63) is 58.9 Å². The molecule has 53 heavy (non-hydrogen) atoms. The molecule has 2 aromatic rings. The summed E-state index contributed by atoms with van der Waals surface area (Å²) in [5.74, 6) is 0.725. The Morgan fingerprint density at radius 1 is 0.774 bits per heavy atom. The number of hydrogen-bond acceptors (Lipinski definition) is 6. The van der Waals surface area contributed by atoms with Crippen LogP contribution in [0.25, 0.3) is 0 Å². The van der Waals surface area contributed by atoms with Gasteiger partial charge in [-0.1, -0.05) is 106 Å². The summed E-state index contributed by atoms with van der Waals surface area (Å²) in [6.07, 6.45) is 9.42. The lowest BCUT2D eigenvalue weighted by Gasteiger charge is -2.49. The molecule has 1 aromatic heterocycles. The van der Waals surface area contributed by atoms with Gasteiger partial charge in [0, 0.05) is 30.4 Å². The maximum absolute atomic E-state index is 12.6. The minimum absolute atomic E-state index is 0.0177. The molecule has 0 amide bonds. The molecule has 0 fully saturated rings. The van der Waals surface area contributed by atoms with E-state index in [1.807, 2.05) is 12.1 Å². The van der Waals surface area contributed by atoms with Gasteiger partial charge in [0.1, 0.15) is 13.8 Å². The largest absolute Gasteiger partial charge is 0.497 e. The van der Waals surface area contributed by atoms with Crippen molar-refractivity contribution in [1.82, 2.24) is 0 Å². The van der Waals surface area contributed by atoms with Gasteiger partial charge in [-0.2, -0.15) is 0 Å². The van der Waals surface area contributed by atoms with Crippen LogP contribution in [0.1, 0.15) is 117 Å². The predicted octanol–water partition coefficient (Wildman–Crippen LogP) is 11.5. The van der Waals surface area contributed by atoms with E-state index in [0.29, 0.717) is 6.61 Å². The molecular weight excluding hydrogens is 709 g/mol. The second kappa shape index (κ2) is 16.6. The highest BCUT2D eigenvalue weighted by molar-refractivity contribution is 6.91. The molecule has 1 heterocycles. The van der Waals surface area contributed by atoms with E-state index < -0.39 is 30.8 Å². The molecule has 1 aromatic carbocycles. The van der Waals surface area contributed by atoms with Crippen LogP contribution in [0, 0.1) is 5.92 Å². The number of fused-ring (bicyclic) bond motifs is 4. The van der Waals surface area contributed by atoms with E-state index in [9.17, 15) is 5.11 Å². The number of hydrogen-bond donors (Lipinski definition) is 1. The van der Waals surface area contributed by atoms with Gasteiger partial charge in [0.15, 0.2) is 16.6 Å². The monoisotopic (exact) mass is 784 g/mol. The highest BCUT2D eigenvalue weighted by atomic mass is 28.4. The van der Waals surface area contributed by atoms with Crippen molar-refractivity contribution in [2.75, 3.05) is 13.7 Å². The Morgan fingerprint density at radius 2 is 1.36 bits per heavy atom. The molecule has 9 heteroatoms. The summed E-state index contributed by atoms with van der Waals surface area (Å²) in [4.78, 5) is 0. The number of rotatable bonds is 15. The number of methoxy groups -OCH3 is 1. The van der Waals surface area contributed by atoms with E-state index >= 15 is 0 Å². The molecule has 4 rings (SSSR count). The molecule has 0 spiro atoms. The van der Waals surface area contributed by atoms with E-state index in [1.54, 1.807) is 7.11 Å². The van der Waals surface area contributed by atoms with E-state index in [2.05, 4.69) is 126 Å². The minimum Gasteiger partial charge on any atom is -0.497 e. The predicted molar refractivity (Wildman–Crippen MR) is 229 cm³/mol. The summed E-state index contributed by atoms with van der Waals surface area (Å²) < 4.78 is 33.0. The zero-order valence-electron chi connectivity index (χ0n) is 36.5. The Balaban J connectivity index is 1.64. The lowest BCUT2D eigenvalue weighted by atomic mass is 9.74. The van der Waals surface area contributed by atoms with E-state index in [1.165, 1.54) is 16.5 Å². The fourth-order valence-electron chi connectivity index (χ4n) is 7.23. The van der Waals surface area contributed by atoms with Crippen LogP contribution < -0.4 is 10.1 Å². The third-order valence-electron chi connectivity index (χ3n) is 13.9. The molecule has 0 aliphatic heterocycles. The second-order valence-electron chi connectivity index (χ2n) is 20.7. The second-order valence-corrected chi connectivity index (χ2v) is 35.4. The van der Waals surface area contributed by atoms with Gasteiger partial charge < -0.3 is 27.8 Å². The first-order valence-corrected chi connectivity index (χ1v) is 29.2. The van der Waals surface area contributed by atoms with E-state index in [4.69, 9.17) is 22.7 Å². The first-order chi connectivity index (χ1) is 24.3. The number of aliphatic hydroxyl groups is 1. The van der Waals surface area contributed by atoms with Crippen molar-refractivity contribution >= 4 is 30.1 Å². The zero-order chi connectivity index (χ0) is 39.8. The number of ether oxygens (including phenoxy) is 2. The summed E-state index contributed by atoms with van der Waals surface area (Å²) in [7, 11) is -4.82. The van der Waals surface area contributed by atoms with E-state index in [0.717, 1.165) is 62.0 Å². The normalized spacial score (nSPS) is 23.0. The topological polar surface area (TPSA) is 70.3 Å². The van der Waals surface area contributed by atoms with E-state index in [-0.39, 0.29) is 39.2 Å². The molecule has 2 aliphatic carbocycles. The smallest absolute Gasteiger partial charge is 0.192 e. The molecule has 0 saturated heterocycles. The van der Waals surface area contributed by atoms with Crippen molar-refractivity contribution in [2.24, 2.45) is 5.92 Å². The number of furan rings is 1. The van der Waals surface area contributed by atoms with Crippen molar-refractivity contribution in [2.45, 2.75) is 186 Å². The van der Waals surface area contributed by atoms with Crippen molar-refractivity contribution in [3.8, 4) is 5.75 Å². The van der Waals surface area contributed by atoms with Crippen LogP contribution in [-0.4, -0.2) is 61.8 Å². The van der Waals surface area contributed by atoms with Gasteiger partial charge in [0.05, 0.1) is 43.7 Å². The van der Waals surface area contributed by atoms with Crippen LogP contribution in [0.4, 0.5) is 0 Å².